The lowest BCUT2D eigenvalue weighted by molar-refractivity contribution is -0.144. The maximum absolute atomic E-state index is 11.3. The molecule has 0 spiro atoms. The Hall–Kier alpha value is -2.24. The van der Waals surface area contributed by atoms with Gasteiger partial charge in [-0.15, -0.1) is 0 Å². The van der Waals surface area contributed by atoms with Gasteiger partial charge in [0.25, 0.3) is 0 Å². The van der Waals surface area contributed by atoms with E-state index in [-0.39, 0.29) is 18.4 Å². The summed E-state index contributed by atoms with van der Waals surface area (Å²) in [6.07, 6.45) is 2.04. The van der Waals surface area contributed by atoms with Gasteiger partial charge in [0.05, 0.1) is 18.4 Å². The zero-order valence-electron chi connectivity index (χ0n) is 8.25. The van der Waals surface area contributed by atoms with E-state index < -0.39 is 17.9 Å². The van der Waals surface area contributed by atoms with Gasteiger partial charge in [-0.2, -0.15) is 0 Å². The molecule has 0 aliphatic carbocycles. The van der Waals surface area contributed by atoms with Crippen LogP contribution in [0.4, 0.5) is 0 Å². The third-order valence-corrected chi connectivity index (χ3v) is 1.65. The molecule has 6 nitrogen and oxygen atoms in total. The van der Waals surface area contributed by atoms with Crippen LogP contribution in [-0.2, 0) is 14.3 Å². The number of hydrogen-bond acceptors (Lipinski definition) is 5. The Morgan fingerprint density at radius 3 is 2.62 bits per heavy atom. The monoisotopic (exact) mass is 223 g/mol. The minimum Gasteiger partial charge on any atom is -0.481 e. The average molecular weight is 223 g/mol. The summed E-state index contributed by atoms with van der Waals surface area (Å²) in [4.78, 5) is 36.1. The fourth-order valence-electron chi connectivity index (χ4n) is 0.906. The highest BCUT2D eigenvalue weighted by Crippen LogP contribution is 2.01. The molecule has 1 aromatic rings. The van der Waals surface area contributed by atoms with Crippen LogP contribution in [0.25, 0.3) is 0 Å². The average Bonchev–Trinajstić information content (AvgIpc) is 2.27. The summed E-state index contributed by atoms with van der Waals surface area (Å²) in [7, 11) is 0. The molecule has 0 aliphatic heterocycles. The van der Waals surface area contributed by atoms with E-state index in [4.69, 9.17) is 5.11 Å². The molecule has 1 aromatic heterocycles. The van der Waals surface area contributed by atoms with Crippen LogP contribution < -0.4 is 0 Å². The van der Waals surface area contributed by atoms with Gasteiger partial charge in [0, 0.05) is 12.4 Å². The number of rotatable bonds is 4. The van der Waals surface area contributed by atoms with Gasteiger partial charge in [0.2, 0.25) is 0 Å². The van der Waals surface area contributed by atoms with Crippen LogP contribution in [0.3, 0.4) is 0 Å². The van der Waals surface area contributed by atoms with Crippen molar-refractivity contribution in [1.82, 2.24) is 4.98 Å². The topological polar surface area (TPSA) is 93.6 Å². The third kappa shape index (κ3) is 3.87. The van der Waals surface area contributed by atoms with E-state index in [1.165, 1.54) is 24.5 Å². The molecular formula is C10H9NO5. The SMILES string of the molecule is O=C(O)CCC(=O)OC(=O)c1cccnc1. The first-order valence-electron chi connectivity index (χ1n) is 4.46. The molecule has 0 fully saturated rings. The fraction of sp³-hybridized carbons (Fsp3) is 0.200. The number of ether oxygens (including phenoxy) is 1. The molecule has 16 heavy (non-hydrogen) atoms. The van der Waals surface area contributed by atoms with Crippen molar-refractivity contribution in [2.24, 2.45) is 0 Å². The highest BCUT2D eigenvalue weighted by atomic mass is 16.6. The van der Waals surface area contributed by atoms with E-state index in [1.807, 2.05) is 0 Å². The fourth-order valence-corrected chi connectivity index (χ4v) is 0.906. The van der Waals surface area contributed by atoms with Crippen LogP contribution in [0.1, 0.15) is 23.2 Å². The number of hydrogen-bond donors (Lipinski definition) is 1. The Kier molecular flexibility index (Phi) is 4.14. The van der Waals surface area contributed by atoms with Crippen molar-refractivity contribution < 1.29 is 24.2 Å². The van der Waals surface area contributed by atoms with Crippen molar-refractivity contribution in [3.63, 3.8) is 0 Å². The Morgan fingerprint density at radius 1 is 1.31 bits per heavy atom. The zero-order valence-corrected chi connectivity index (χ0v) is 8.25. The van der Waals surface area contributed by atoms with Gasteiger partial charge in [0.15, 0.2) is 0 Å². The minimum atomic E-state index is -1.12. The quantitative estimate of drug-likeness (QED) is 0.594. The first-order chi connectivity index (χ1) is 7.59. The van der Waals surface area contributed by atoms with Crippen LogP contribution in [0.2, 0.25) is 0 Å². The van der Waals surface area contributed by atoms with Crippen LogP contribution in [0.15, 0.2) is 24.5 Å². The largest absolute Gasteiger partial charge is 0.481 e. The van der Waals surface area contributed by atoms with E-state index in [1.54, 1.807) is 0 Å². The number of carbonyl (C=O) groups is 3. The van der Waals surface area contributed by atoms with Crippen LogP contribution in [-0.4, -0.2) is 28.0 Å². The van der Waals surface area contributed by atoms with Gasteiger partial charge in [-0.25, -0.2) is 4.79 Å². The lowest BCUT2D eigenvalue weighted by Crippen LogP contribution is -2.13. The zero-order chi connectivity index (χ0) is 12.0. The Labute approximate surface area is 90.9 Å². The van der Waals surface area contributed by atoms with Crippen molar-refractivity contribution >= 4 is 17.9 Å². The number of esters is 2. The molecule has 0 atom stereocenters. The number of carboxylic acids is 1. The summed E-state index contributed by atoms with van der Waals surface area (Å²) in [6, 6.07) is 2.97. The van der Waals surface area contributed by atoms with Gasteiger partial charge < -0.3 is 9.84 Å². The molecule has 0 saturated heterocycles. The molecule has 0 saturated carbocycles. The van der Waals surface area contributed by atoms with Crippen LogP contribution >= 0.6 is 0 Å². The van der Waals surface area contributed by atoms with Crippen molar-refractivity contribution in [3.05, 3.63) is 30.1 Å². The number of carboxylic acid groups (broad SMARTS) is 1. The minimum absolute atomic E-state index is 0.145. The second kappa shape index (κ2) is 5.59. The van der Waals surface area contributed by atoms with Gasteiger partial charge >= 0.3 is 17.9 Å². The molecule has 0 aromatic carbocycles. The predicted octanol–water partition coefficient (Wildman–Crippen LogP) is 0.630. The summed E-state index contributed by atoms with van der Waals surface area (Å²) in [5, 5.41) is 8.31. The maximum Gasteiger partial charge on any atom is 0.347 e. The Bertz CT molecular complexity index is 401. The lowest BCUT2D eigenvalue weighted by Gasteiger charge is -2.00. The number of carbonyl (C=O) groups excluding carboxylic acids is 2. The number of nitrogens with zero attached hydrogens (tertiary/aromatic N) is 1. The maximum atomic E-state index is 11.3. The summed E-state index contributed by atoms with van der Waals surface area (Å²) >= 11 is 0. The Morgan fingerprint density at radius 2 is 2.06 bits per heavy atom. The number of aliphatic carboxylic acids is 1. The standard InChI is InChI=1S/C10H9NO5/c12-8(13)3-4-9(14)16-10(15)7-2-1-5-11-6-7/h1-2,5-6H,3-4H2,(H,12,13). The molecule has 0 bridgehead atoms. The van der Waals surface area contributed by atoms with E-state index >= 15 is 0 Å². The van der Waals surface area contributed by atoms with Gasteiger partial charge in [-0.1, -0.05) is 0 Å². The van der Waals surface area contributed by atoms with Crippen LogP contribution in [0.5, 0.6) is 0 Å². The molecule has 0 unspecified atom stereocenters. The molecule has 1 N–H and O–H groups in total. The van der Waals surface area contributed by atoms with E-state index in [2.05, 4.69) is 9.72 Å². The van der Waals surface area contributed by atoms with Crippen molar-refractivity contribution in [3.8, 4) is 0 Å². The Balaban J connectivity index is 2.46. The summed E-state index contributed by atoms with van der Waals surface area (Å²) in [6.45, 7) is 0. The van der Waals surface area contributed by atoms with E-state index in [0.29, 0.717) is 0 Å². The summed E-state index contributed by atoms with van der Waals surface area (Å²) in [5.41, 5.74) is 0.145. The van der Waals surface area contributed by atoms with Crippen molar-refractivity contribution in [2.45, 2.75) is 12.8 Å². The molecule has 0 amide bonds. The summed E-state index contributed by atoms with van der Waals surface area (Å²) < 4.78 is 4.41. The molecule has 0 aliphatic rings. The first kappa shape index (κ1) is 11.8. The first-order valence-corrected chi connectivity index (χ1v) is 4.46. The van der Waals surface area contributed by atoms with Gasteiger partial charge in [-0.05, 0) is 12.1 Å². The molecule has 1 rings (SSSR count). The smallest absolute Gasteiger partial charge is 0.347 e. The molecule has 1 heterocycles. The van der Waals surface area contributed by atoms with Gasteiger partial charge in [-0.3, -0.25) is 14.6 Å². The second-order valence-corrected chi connectivity index (χ2v) is 2.90. The number of aromatic nitrogens is 1. The van der Waals surface area contributed by atoms with E-state index in [9.17, 15) is 14.4 Å². The molecule has 84 valence electrons. The lowest BCUT2D eigenvalue weighted by atomic mass is 10.3. The van der Waals surface area contributed by atoms with Gasteiger partial charge in [0.1, 0.15) is 0 Å². The highest BCUT2D eigenvalue weighted by molar-refractivity contribution is 5.96. The predicted molar refractivity (Wildman–Crippen MR) is 51.5 cm³/mol. The second-order valence-electron chi connectivity index (χ2n) is 2.90. The van der Waals surface area contributed by atoms with Crippen LogP contribution in [0, 0.1) is 0 Å². The molecule has 6 heteroatoms. The van der Waals surface area contributed by atoms with E-state index in [0.717, 1.165) is 0 Å². The normalized spacial score (nSPS) is 9.50. The summed E-state index contributed by atoms with van der Waals surface area (Å²) in [5.74, 6) is -2.81. The van der Waals surface area contributed by atoms with Crippen molar-refractivity contribution in [2.75, 3.05) is 0 Å². The number of pyridine rings is 1. The molecular weight excluding hydrogens is 214 g/mol. The molecule has 0 radical (unpaired) electrons. The van der Waals surface area contributed by atoms with Crippen molar-refractivity contribution in [1.29, 1.82) is 0 Å². The third-order valence-electron chi connectivity index (χ3n) is 1.65. The highest BCUT2D eigenvalue weighted by Gasteiger charge is 2.13.